The molecule has 0 aliphatic carbocycles. The van der Waals surface area contributed by atoms with Crippen molar-refractivity contribution in [3.8, 4) is 11.5 Å². The Kier molecular flexibility index (Phi) is 5.33. The number of para-hydroxylation sites is 2. The van der Waals surface area contributed by atoms with Crippen LogP contribution in [0.15, 0.2) is 24.3 Å². The maximum Gasteiger partial charge on any atom is 0.512 e. The van der Waals surface area contributed by atoms with Gasteiger partial charge in [0.25, 0.3) is 0 Å². The molecule has 0 amide bonds. The van der Waals surface area contributed by atoms with Gasteiger partial charge in [0.1, 0.15) is 5.66 Å². The SMILES string of the molecule is CC(C)(NC1Oc2ccccc2O1)N(S(=O)(=O)C(F)(F)F)S(=O)(=O)C(F)(F)F. The molecule has 0 aromatic heterocycles. The summed E-state index contributed by atoms with van der Waals surface area (Å²) < 4.78 is 133. The highest BCUT2D eigenvalue weighted by Crippen LogP contribution is 2.40. The maximum absolute atomic E-state index is 12.9. The zero-order valence-electron chi connectivity index (χ0n) is 13.9. The first-order valence-corrected chi connectivity index (χ1v) is 9.92. The smallest absolute Gasteiger partial charge is 0.438 e. The average molecular weight is 458 g/mol. The van der Waals surface area contributed by atoms with E-state index >= 15 is 0 Å². The van der Waals surface area contributed by atoms with Crippen LogP contribution in [0.1, 0.15) is 13.8 Å². The summed E-state index contributed by atoms with van der Waals surface area (Å²) in [6.45, 7) is 0.935. The minimum Gasteiger partial charge on any atom is -0.438 e. The number of hydrogen-bond donors (Lipinski definition) is 1. The summed E-state index contributed by atoms with van der Waals surface area (Å²) in [6, 6.07) is 5.65. The first kappa shape index (κ1) is 22.5. The summed E-state index contributed by atoms with van der Waals surface area (Å²) in [5.74, 6) is 0.0828. The molecule has 0 saturated heterocycles. The number of alkyl halides is 6. The summed E-state index contributed by atoms with van der Waals surface area (Å²) in [5.41, 5.74) is -15.7. The normalized spacial score (nSPS) is 16.6. The Labute approximate surface area is 155 Å². The van der Waals surface area contributed by atoms with Crippen LogP contribution < -0.4 is 14.8 Å². The van der Waals surface area contributed by atoms with Crippen LogP contribution in [-0.2, 0) is 20.0 Å². The first-order valence-electron chi connectivity index (χ1n) is 7.04. The molecule has 1 aliphatic heterocycles. The Morgan fingerprint density at radius 2 is 1.21 bits per heavy atom. The molecule has 0 saturated carbocycles. The quantitative estimate of drug-likeness (QED) is 0.533. The van der Waals surface area contributed by atoms with Gasteiger partial charge in [0.05, 0.1) is 0 Å². The highest BCUT2D eigenvalue weighted by molar-refractivity contribution is 8.04. The predicted octanol–water partition coefficient (Wildman–Crippen LogP) is 2.07. The number of ether oxygens (including phenoxy) is 2. The number of nitrogens with zero attached hydrogens (tertiary/aromatic N) is 1. The van der Waals surface area contributed by atoms with Gasteiger partial charge < -0.3 is 9.47 Å². The minimum absolute atomic E-state index is 0.0414. The van der Waals surface area contributed by atoms with Crippen LogP contribution in [0.5, 0.6) is 11.5 Å². The molecule has 1 aliphatic rings. The largest absolute Gasteiger partial charge is 0.512 e. The lowest BCUT2D eigenvalue weighted by atomic mass is 10.3. The Bertz CT molecular complexity index is 889. The number of fused-ring (bicyclic) bond motifs is 1. The van der Waals surface area contributed by atoms with Crippen LogP contribution in [0.4, 0.5) is 26.3 Å². The Morgan fingerprint density at radius 1 is 0.857 bits per heavy atom. The molecule has 0 fully saturated rings. The van der Waals surface area contributed by atoms with Crippen LogP contribution in [0.2, 0.25) is 0 Å². The number of halogens is 6. The highest BCUT2D eigenvalue weighted by Gasteiger charge is 2.66. The van der Waals surface area contributed by atoms with Crippen molar-refractivity contribution >= 4 is 20.0 Å². The summed E-state index contributed by atoms with van der Waals surface area (Å²) in [7, 11) is -14.0. The molecule has 0 atom stereocenters. The standard InChI is InChI=1S/C12H12F6N2O6S2/c1-10(2,19-9-25-7-5-3-4-6-8(7)26-9)20(27(21,22)11(13,14)15)28(23,24)12(16,17)18/h3-6,9,19H,1-2H3. The van der Waals surface area contributed by atoms with Gasteiger partial charge in [-0.15, -0.1) is 0 Å². The molecule has 0 spiro atoms. The van der Waals surface area contributed by atoms with Crippen molar-refractivity contribution in [1.29, 1.82) is 0 Å². The highest BCUT2D eigenvalue weighted by atomic mass is 32.3. The molecule has 16 heteroatoms. The molecule has 1 heterocycles. The van der Waals surface area contributed by atoms with Gasteiger partial charge in [-0.25, -0.2) is 22.2 Å². The monoisotopic (exact) mass is 458 g/mol. The van der Waals surface area contributed by atoms with Crippen molar-refractivity contribution in [2.24, 2.45) is 0 Å². The topological polar surface area (TPSA) is 102 Å². The second-order valence-electron chi connectivity index (χ2n) is 5.82. The molecule has 0 bridgehead atoms. The summed E-state index contributed by atoms with van der Waals surface area (Å²) in [5, 5.41) is 1.88. The van der Waals surface area contributed by atoms with Gasteiger partial charge >= 0.3 is 37.5 Å². The first-order chi connectivity index (χ1) is 12.4. The molecule has 0 unspecified atom stereocenters. The van der Waals surface area contributed by atoms with Crippen molar-refractivity contribution in [2.45, 2.75) is 36.9 Å². The van der Waals surface area contributed by atoms with Crippen LogP contribution in [0.25, 0.3) is 0 Å². The average Bonchev–Trinajstić information content (AvgIpc) is 2.84. The van der Waals surface area contributed by atoms with Crippen molar-refractivity contribution in [3.63, 3.8) is 0 Å². The van der Waals surface area contributed by atoms with Crippen LogP contribution >= 0.6 is 0 Å². The van der Waals surface area contributed by atoms with E-state index in [-0.39, 0.29) is 11.5 Å². The fourth-order valence-corrected chi connectivity index (χ4v) is 5.44. The zero-order chi connectivity index (χ0) is 21.8. The Hall–Kier alpha value is -1.78. The molecule has 8 nitrogen and oxygen atoms in total. The Morgan fingerprint density at radius 3 is 1.54 bits per heavy atom. The lowest BCUT2D eigenvalue weighted by Gasteiger charge is -2.38. The molecule has 160 valence electrons. The van der Waals surface area contributed by atoms with Gasteiger partial charge in [0.15, 0.2) is 11.5 Å². The second-order valence-corrected chi connectivity index (χ2v) is 9.60. The van der Waals surface area contributed by atoms with E-state index in [2.05, 4.69) is 0 Å². The molecule has 0 radical (unpaired) electrons. The summed E-state index contributed by atoms with van der Waals surface area (Å²) in [4.78, 5) is 0. The lowest BCUT2D eigenvalue weighted by molar-refractivity contribution is -0.0640. The fraction of sp³-hybridized carbons (Fsp3) is 0.500. The van der Waals surface area contributed by atoms with Crippen molar-refractivity contribution in [3.05, 3.63) is 24.3 Å². The van der Waals surface area contributed by atoms with Crippen LogP contribution in [-0.4, -0.2) is 43.6 Å². The molecular formula is C12H12F6N2O6S2. The van der Waals surface area contributed by atoms with Crippen molar-refractivity contribution < 1.29 is 52.7 Å². The van der Waals surface area contributed by atoms with Crippen LogP contribution in [0.3, 0.4) is 0 Å². The number of nitrogens with one attached hydrogen (secondary N) is 1. The van der Waals surface area contributed by atoms with E-state index < -0.39 is 46.9 Å². The minimum atomic E-state index is -6.99. The number of benzene rings is 1. The molecule has 1 N–H and O–H groups in total. The summed E-state index contributed by atoms with van der Waals surface area (Å²) >= 11 is 0. The predicted molar refractivity (Wildman–Crippen MR) is 80.5 cm³/mol. The molecular weight excluding hydrogens is 446 g/mol. The molecule has 2 rings (SSSR count). The summed E-state index contributed by atoms with van der Waals surface area (Å²) in [6.07, 6.45) is -1.78. The third-order valence-corrected chi connectivity index (χ3v) is 7.40. The van der Waals surface area contributed by atoms with Crippen molar-refractivity contribution in [2.75, 3.05) is 0 Å². The molecule has 1 aromatic rings. The number of sulfonamides is 2. The van der Waals surface area contributed by atoms with Gasteiger partial charge in [-0.1, -0.05) is 15.8 Å². The van der Waals surface area contributed by atoms with E-state index in [1.807, 2.05) is 5.32 Å². The Balaban J connectivity index is 2.49. The van der Waals surface area contributed by atoms with E-state index in [1.54, 1.807) is 0 Å². The molecule has 28 heavy (non-hydrogen) atoms. The maximum atomic E-state index is 12.9. The fourth-order valence-electron chi connectivity index (χ4n) is 2.22. The van der Waals surface area contributed by atoms with E-state index in [9.17, 15) is 43.2 Å². The van der Waals surface area contributed by atoms with Gasteiger partial charge in [0.2, 0.25) is 0 Å². The van der Waals surface area contributed by atoms with E-state index in [1.165, 1.54) is 24.3 Å². The van der Waals surface area contributed by atoms with E-state index in [4.69, 9.17) is 9.47 Å². The van der Waals surface area contributed by atoms with E-state index in [0.717, 1.165) is 0 Å². The third kappa shape index (κ3) is 3.85. The third-order valence-electron chi connectivity index (χ3n) is 3.27. The number of rotatable bonds is 5. The van der Waals surface area contributed by atoms with E-state index in [0.29, 0.717) is 13.8 Å². The second kappa shape index (κ2) is 6.64. The zero-order valence-corrected chi connectivity index (χ0v) is 15.5. The van der Waals surface area contributed by atoms with Gasteiger partial charge in [0, 0.05) is 0 Å². The van der Waals surface area contributed by atoms with Crippen LogP contribution in [0, 0.1) is 0 Å². The van der Waals surface area contributed by atoms with Gasteiger partial charge in [-0.2, -0.15) is 26.3 Å². The van der Waals surface area contributed by atoms with Crippen molar-refractivity contribution in [1.82, 2.24) is 9.03 Å². The molecule has 1 aromatic carbocycles. The lowest BCUT2D eigenvalue weighted by Crippen LogP contribution is -2.66. The van der Waals surface area contributed by atoms with Gasteiger partial charge in [-0.3, -0.25) is 0 Å². The van der Waals surface area contributed by atoms with Gasteiger partial charge in [-0.05, 0) is 26.0 Å². The number of hydrogen-bond acceptors (Lipinski definition) is 7.